The standard InChI is InChI=1S/C19H18ClN5O2S2/c1-3-13-10-14(18(26)27-2)17(29-13)23-19(28)22-12-6-4-11(5-7-12)21-16-9-8-15(20)24-25-16/h4-10H,3H2,1-2H3,(H,21,25)(H2,22,23,28). The SMILES string of the molecule is CCc1cc(C(=O)OC)c(NC(=S)Nc2ccc(Nc3ccc(Cl)nn3)cc2)s1. The van der Waals surface area contributed by atoms with Crippen molar-refractivity contribution >= 4 is 68.4 Å². The molecule has 29 heavy (non-hydrogen) atoms. The number of benzene rings is 1. The average molecular weight is 448 g/mol. The van der Waals surface area contributed by atoms with Crippen molar-refractivity contribution < 1.29 is 9.53 Å². The molecule has 2 aromatic heterocycles. The van der Waals surface area contributed by atoms with Gasteiger partial charge in [0, 0.05) is 16.3 Å². The monoisotopic (exact) mass is 447 g/mol. The van der Waals surface area contributed by atoms with E-state index >= 15 is 0 Å². The lowest BCUT2D eigenvalue weighted by Crippen LogP contribution is -2.19. The van der Waals surface area contributed by atoms with Crippen LogP contribution in [0.3, 0.4) is 0 Å². The Balaban J connectivity index is 1.63. The first kappa shape index (κ1) is 21.0. The lowest BCUT2D eigenvalue weighted by atomic mass is 10.2. The number of nitrogens with zero attached hydrogens (tertiary/aromatic N) is 2. The molecule has 2 heterocycles. The van der Waals surface area contributed by atoms with Crippen LogP contribution in [0.5, 0.6) is 0 Å². The van der Waals surface area contributed by atoms with Crippen LogP contribution < -0.4 is 16.0 Å². The number of esters is 1. The van der Waals surface area contributed by atoms with Gasteiger partial charge in [0.25, 0.3) is 0 Å². The van der Waals surface area contributed by atoms with Crippen LogP contribution in [0.2, 0.25) is 5.15 Å². The van der Waals surface area contributed by atoms with Gasteiger partial charge in [0.2, 0.25) is 0 Å². The number of methoxy groups -OCH3 is 1. The molecule has 0 aliphatic heterocycles. The lowest BCUT2D eigenvalue weighted by Gasteiger charge is -2.11. The highest BCUT2D eigenvalue weighted by molar-refractivity contribution is 7.80. The minimum absolute atomic E-state index is 0.336. The average Bonchev–Trinajstić information content (AvgIpc) is 3.13. The Hall–Kier alpha value is -2.75. The number of carbonyl (C=O) groups is 1. The number of anilines is 4. The summed E-state index contributed by atoms with van der Waals surface area (Å²) < 4.78 is 4.84. The molecule has 3 rings (SSSR count). The summed E-state index contributed by atoms with van der Waals surface area (Å²) in [6, 6.07) is 12.7. The predicted molar refractivity (Wildman–Crippen MR) is 122 cm³/mol. The second kappa shape index (κ2) is 9.64. The van der Waals surface area contributed by atoms with Crippen molar-refractivity contribution in [3.63, 3.8) is 0 Å². The van der Waals surface area contributed by atoms with E-state index in [-0.39, 0.29) is 0 Å². The maximum absolute atomic E-state index is 12.0. The summed E-state index contributed by atoms with van der Waals surface area (Å²) in [5, 5.41) is 18.4. The first-order valence-corrected chi connectivity index (χ1v) is 10.2. The Bertz CT molecular complexity index is 1010. The van der Waals surface area contributed by atoms with Gasteiger partial charge in [0.05, 0.1) is 12.7 Å². The van der Waals surface area contributed by atoms with E-state index in [9.17, 15) is 4.79 Å². The molecule has 3 N–H and O–H groups in total. The molecule has 0 bridgehead atoms. The van der Waals surface area contributed by atoms with Crippen LogP contribution in [0, 0.1) is 0 Å². The quantitative estimate of drug-likeness (QED) is 0.355. The summed E-state index contributed by atoms with van der Waals surface area (Å²) in [5.74, 6) is 0.194. The molecular formula is C19H18ClN5O2S2. The van der Waals surface area contributed by atoms with Crippen molar-refractivity contribution in [2.24, 2.45) is 0 Å². The van der Waals surface area contributed by atoms with Gasteiger partial charge in [-0.2, -0.15) is 0 Å². The van der Waals surface area contributed by atoms with Crippen LogP contribution in [-0.4, -0.2) is 28.4 Å². The molecule has 0 radical (unpaired) electrons. The van der Waals surface area contributed by atoms with Crippen molar-refractivity contribution in [2.75, 3.05) is 23.1 Å². The third-order valence-electron chi connectivity index (χ3n) is 3.81. The van der Waals surface area contributed by atoms with Gasteiger partial charge in [-0.15, -0.1) is 21.5 Å². The van der Waals surface area contributed by atoms with Crippen LogP contribution in [0.25, 0.3) is 0 Å². The first-order chi connectivity index (χ1) is 14.0. The molecule has 0 aliphatic carbocycles. The molecular weight excluding hydrogens is 430 g/mol. The maximum atomic E-state index is 12.0. The van der Waals surface area contributed by atoms with Crippen LogP contribution in [0.4, 0.5) is 22.2 Å². The largest absolute Gasteiger partial charge is 0.465 e. The van der Waals surface area contributed by atoms with E-state index in [0.717, 1.165) is 22.7 Å². The topological polar surface area (TPSA) is 88.2 Å². The van der Waals surface area contributed by atoms with E-state index in [2.05, 4.69) is 26.1 Å². The number of thiocarbonyl (C=S) groups is 1. The van der Waals surface area contributed by atoms with Gasteiger partial charge in [-0.25, -0.2) is 4.79 Å². The molecule has 0 unspecified atom stereocenters. The smallest absolute Gasteiger partial charge is 0.340 e. The van der Waals surface area contributed by atoms with E-state index in [1.807, 2.05) is 37.3 Å². The first-order valence-electron chi connectivity index (χ1n) is 8.64. The summed E-state index contributed by atoms with van der Waals surface area (Å²) >= 11 is 12.6. The minimum Gasteiger partial charge on any atom is -0.465 e. The van der Waals surface area contributed by atoms with E-state index in [1.165, 1.54) is 18.4 Å². The third kappa shape index (κ3) is 5.63. The highest BCUT2D eigenvalue weighted by Crippen LogP contribution is 2.29. The number of ether oxygens (including phenoxy) is 1. The zero-order chi connectivity index (χ0) is 20.8. The Morgan fingerprint density at radius 3 is 2.48 bits per heavy atom. The Morgan fingerprint density at radius 2 is 1.86 bits per heavy atom. The van der Waals surface area contributed by atoms with Crippen molar-refractivity contribution in [1.29, 1.82) is 0 Å². The Morgan fingerprint density at radius 1 is 1.14 bits per heavy atom. The van der Waals surface area contributed by atoms with E-state index in [0.29, 0.717) is 26.6 Å². The van der Waals surface area contributed by atoms with Gasteiger partial charge in [0.15, 0.2) is 16.1 Å². The fourth-order valence-corrected chi connectivity index (χ4v) is 3.78. The fraction of sp³-hybridized carbons (Fsp3) is 0.158. The highest BCUT2D eigenvalue weighted by atomic mass is 35.5. The molecule has 150 valence electrons. The fourth-order valence-electron chi connectivity index (χ4n) is 2.40. The molecule has 0 fully saturated rings. The van der Waals surface area contributed by atoms with Crippen molar-refractivity contribution in [1.82, 2.24) is 10.2 Å². The Labute approximate surface area is 182 Å². The number of rotatable bonds is 6. The molecule has 10 heteroatoms. The molecule has 0 atom stereocenters. The molecule has 7 nitrogen and oxygen atoms in total. The normalized spacial score (nSPS) is 10.3. The van der Waals surface area contributed by atoms with Crippen LogP contribution in [-0.2, 0) is 11.2 Å². The minimum atomic E-state index is -0.396. The van der Waals surface area contributed by atoms with Gasteiger partial charge >= 0.3 is 5.97 Å². The van der Waals surface area contributed by atoms with E-state index in [4.69, 9.17) is 28.6 Å². The summed E-state index contributed by atoms with van der Waals surface area (Å²) in [6.07, 6.45) is 0.822. The molecule has 0 saturated heterocycles. The molecule has 0 spiro atoms. The van der Waals surface area contributed by atoms with Gasteiger partial charge in [-0.1, -0.05) is 18.5 Å². The lowest BCUT2D eigenvalue weighted by molar-refractivity contribution is 0.0602. The van der Waals surface area contributed by atoms with Crippen LogP contribution >= 0.6 is 35.2 Å². The number of aryl methyl sites for hydroxylation is 1. The number of hydrogen-bond donors (Lipinski definition) is 3. The van der Waals surface area contributed by atoms with Crippen molar-refractivity contribution in [3.05, 3.63) is 58.1 Å². The summed E-state index contributed by atoms with van der Waals surface area (Å²) in [6.45, 7) is 2.03. The van der Waals surface area contributed by atoms with E-state index < -0.39 is 5.97 Å². The molecule has 0 saturated carbocycles. The van der Waals surface area contributed by atoms with Gasteiger partial charge in [0.1, 0.15) is 5.00 Å². The zero-order valence-electron chi connectivity index (χ0n) is 15.7. The second-order valence-electron chi connectivity index (χ2n) is 5.82. The number of hydrogen-bond acceptors (Lipinski definition) is 7. The number of aromatic nitrogens is 2. The maximum Gasteiger partial charge on any atom is 0.340 e. The van der Waals surface area contributed by atoms with Gasteiger partial charge < -0.3 is 20.7 Å². The summed E-state index contributed by atoms with van der Waals surface area (Å²) in [7, 11) is 1.36. The number of thiophene rings is 1. The number of carbonyl (C=O) groups excluding carboxylic acids is 1. The molecule has 3 aromatic rings. The molecule has 0 aliphatic rings. The Kier molecular flexibility index (Phi) is 6.97. The van der Waals surface area contributed by atoms with Crippen molar-refractivity contribution in [2.45, 2.75) is 13.3 Å². The molecule has 0 amide bonds. The summed E-state index contributed by atoms with van der Waals surface area (Å²) in [5.41, 5.74) is 2.11. The zero-order valence-corrected chi connectivity index (χ0v) is 18.0. The van der Waals surface area contributed by atoms with Crippen LogP contribution in [0.15, 0.2) is 42.5 Å². The van der Waals surface area contributed by atoms with E-state index in [1.54, 1.807) is 12.1 Å². The summed E-state index contributed by atoms with van der Waals surface area (Å²) in [4.78, 5) is 13.0. The van der Waals surface area contributed by atoms with Crippen molar-refractivity contribution in [3.8, 4) is 0 Å². The predicted octanol–water partition coefficient (Wildman–Crippen LogP) is 5.09. The molecule has 1 aromatic carbocycles. The number of halogens is 1. The third-order valence-corrected chi connectivity index (χ3v) is 5.41. The number of nitrogens with one attached hydrogen (secondary N) is 3. The van der Waals surface area contributed by atoms with Gasteiger partial charge in [-0.05, 0) is 61.1 Å². The highest BCUT2D eigenvalue weighted by Gasteiger charge is 2.17. The van der Waals surface area contributed by atoms with Gasteiger partial charge in [-0.3, -0.25) is 0 Å². The van der Waals surface area contributed by atoms with Crippen LogP contribution in [0.1, 0.15) is 22.2 Å². The second-order valence-corrected chi connectivity index (χ2v) is 7.76.